The summed E-state index contributed by atoms with van der Waals surface area (Å²) in [7, 11) is -2.06. The smallest absolute Gasteiger partial charge is 0.0679 e. The summed E-state index contributed by atoms with van der Waals surface area (Å²) in [5.41, 5.74) is 22.9. The molecular weight excluding hydrogens is 605 g/mol. The molecule has 1 heteroatoms. The van der Waals surface area contributed by atoms with E-state index in [9.17, 15) is 0 Å². The predicted octanol–water partition coefficient (Wildman–Crippen LogP) is 14.0. The molecule has 0 heterocycles. The highest BCUT2D eigenvalue weighted by Crippen LogP contribution is 2.56. The highest BCUT2D eigenvalue weighted by molar-refractivity contribution is 6.81. The molecule has 0 aliphatic heterocycles. The predicted molar refractivity (Wildman–Crippen MR) is 220 cm³/mol. The van der Waals surface area contributed by atoms with Gasteiger partial charge in [-0.25, -0.2) is 0 Å². The maximum atomic E-state index is 2.68. The van der Waals surface area contributed by atoms with Crippen LogP contribution in [0.1, 0.15) is 137 Å². The fourth-order valence-electron chi connectivity index (χ4n) is 9.37. The quantitative estimate of drug-likeness (QED) is 0.190. The van der Waals surface area contributed by atoms with Gasteiger partial charge in [-0.2, -0.15) is 0 Å². The number of benzene rings is 4. The van der Waals surface area contributed by atoms with Crippen molar-refractivity contribution in [2.45, 2.75) is 130 Å². The zero-order chi connectivity index (χ0) is 36.0. The van der Waals surface area contributed by atoms with Gasteiger partial charge in [0.1, 0.15) is 0 Å². The van der Waals surface area contributed by atoms with Gasteiger partial charge in [-0.05, 0) is 116 Å². The minimum atomic E-state index is -2.06. The minimum absolute atomic E-state index is 0.0597. The van der Waals surface area contributed by atoms with Gasteiger partial charge >= 0.3 is 0 Å². The lowest BCUT2D eigenvalue weighted by Gasteiger charge is -2.40. The third kappa shape index (κ3) is 6.05. The summed E-state index contributed by atoms with van der Waals surface area (Å²) in [5.74, 6) is 0. The third-order valence-electron chi connectivity index (χ3n) is 11.8. The van der Waals surface area contributed by atoms with Crippen molar-refractivity contribution < 1.29 is 0 Å². The van der Waals surface area contributed by atoms with Gasteiger partial charge in [-0.1, -0.05) is 165 Å². The van der Waals surface area contributed by atoms with E-state index >= 15 is 0 Å². The number of hydrogen-bond donors (Lipinski definition) is 0. The molecule has 0 saturated carbocycles. The molecule has 256 valence electrons. The molecule has 2 aliphatic carbocycles. The van der Waals surface area contributed by atoms with Crippen LogP contribution in [0.5, 0.6) is 0 Å². The fraction of sp³-hybridized carbons (Fsp3) is 0.417. The van der Waals surface area contributed by atoms with Gasteiger partial charge in [0, 0.05) is 11.1 Å². The van der Waals surface area contributed by atoms with Crippen LogP contribution in [-0.2, 0) is 16.2 Å². The lowest BCUT2D eigenvalue weighted by Crippen LogP contribution is -2.42. The highest BCUT2D eigenvalue weighted by atomic mass is 28.3. The maximum absolute atomic E-state index is 2.68. The Kier molecular flexibility index (Phi) is 8.55. The van der Waals surface area contributed by atoms with Crippen LogP contribution in [-0.4, -0.2) is 8.07 Å². The van der Waals surface area contributed by atoms with Crippen LogP contribution >= 0.6 is 0 Å². The second kappa shape index (κ2) is 11.8. The molecule has 0 fully saturated rings. The second-order valence-electron chi connectivity index (χ2n) is 19.1. The first kappa shape index (κ1) is 35.4. The highest BCUT2D eigenvalue weighted by Gasteiger charge is 2.48. The van der Waals surface area contributed by atoms with Crippen molar-refractivity contribution in [3.63, 3.8) is 0 Å². The van der Waals surface area contributed by atoms with Crippen LogP contribution in [0.15, 0.2) is 77.9 Å². The number of rotatable bonds is 4. The summed E-state index contributed by atoms with van der Waals surface area (Å²) in [6, 6.07) is 26.0. The summed E-state index contributed by atoms with van der Waals surface area (Å²) < 4.78 is 0. The minimum Gasteiger partial charge on any atom is -0.0679 e. The summed E-state index contributed by atoms with van der Waals surface area (Å²) in [6.07, 6.45) is 5.12. The van der Waals surface area contributed by atoms with Crippen molar-refractivity contribution in [2.75, 3.05) is 0 Å². The van der Waals surface area contributed by atoms with Crippen molar-refractivity contribution in [2.24, 2.45) is 0 Å². The van der Waals surface area contributed by atoms with E-state index in [0.717, 1.165) is 0 Å². The first-order valence-electron chi connectivity index (χ1n) is 18.5. The Balaban J connectivity index is 1.55. The number of fused-ring (bicyclic) bond motifs is 2. The summed E-state index contributed by atoms with van der Waals surface area (Å²) in [4.78, 5) is 0. The van der Waals surface area contributed by atoms with Gasteiger partial charge in [0.15, 0.2) is 0 Å². The van der Waals surface area contributed by atoms with Crippen LogP contribution in [0.25, 0.3) is 34.4 Å². The molecule has 49 heavy (non-hydrogen) atoms. The molecule has 4 aromatic rings. The van der Waals surface area contributed by atoms with Crippen molar-refractivity contribution in [1.82, 2.24) is 0 Å². The molecule has 0 spiro atoms. The van der Waals surface area contributed by atoms with E-state index in [4.69, 9.17) is 0 Å². The lowest BCUT2D eigenvalue weighted by molar-refractivity contribution is 0.569. The Morgan fingerprint density at radius 2 is 1.10 bits per heavy atom. The van der Waals surface area contributed by atoms with E-state index in [2.05, 4.69) is 182 Å². The largest absolute Gasteiger partial charge is 0.0722 e. The van der Waals surface area contributed by atoms with Gasteiger partial charge in [0.05, 0.1) is 8.07 Å². The molecule has 0 bridgehead atoms. The normalized spacial score (nSPS) is 17.9. The molecule has 0 radical (unpaired) electrons. The van der Waals surface area contributed by atoms with Crippen molar-refractivity contribution in [3.8, 4) is 22.3 Å². The van der Waals surface area contributed by atoms with Crippen LogP contribution < -0.4 is 0 Å². The van der Waals surface area contributed by atoms with E-state index in [1.165, 1.54) is 72.3 Å². The molecule has 0 amide bonds. The van der Waals surface area contributed by atoms with Crippen molar-refractivity contribution in [1.29, 1.82) is 0 Å². The van der Waals surface area contributed by atoms with E-state index in [1.54, 1.807) is 11.1 Å². The zero-order valence-electron chi connectivity index (χ0n) is 33.2. The first-order valence-corrected chi connectivity index (χ1v) is 21.7. The maximum Gasteiger partial charge on any atom is 0.0722 e. The third-order valence-corrected chi connectivity index (χ3v) is 16.2. The van der Waals surface area contributed by atoms with Crippen LogP contribution in [0.3, 0.4) is 0 Å². The molecule has 0 saturated heterocycles. The molecule has 2 unspecified atom stereocenters. The second-order valence-corrected chi connectivity index (χ2v) is 23.9. The van der Waals surface area contributed by atoms with Crippen LogP contribution in [0.2, 0.25) is 13.1 Å². The van der Waals surface area contributed by atoms with Gasteiger partial charge in [-0.3, -0.25) is 0 Å². The summed E-state index contributed by atoms with van der Waals surface area (Å²) >= 11 is 0. The summed E-state index contributed by atoms with van der Waals surface area (Å²) in [6.45, 7) is 36.1. The first-order chi connectivity index (χ1) is 22.6. The monoisotopic (exact) mass is 664 g/mol. The molecular formula is C48H60Si. The fourth-order valence-corrected chi connectivity index (χ4v) is 14.4. The van der Waals surface area contributed by atoms with Gasteiger partial charge < -0.3 is 0 Å². The standard InChI is InChI=1S/C48H60Si/c1-29-21-22-37(34-25-35(46(5,6)7)27-36(26-34)47(8,9)10)38-24-31(3)45(42(29)38)49(14,15)44-30(2)23-39-40(44)28-41(48(11,12)13)32(4)43(39)33-19-17-16-18-20-33/h16-28,44-45H,1-15H3. The molecule has 0 nitrogen and oxygen atoms in total. The molecule has 6 rings (SSSR count). The molecule has 0 N–H and O–H groups in total. The average molecular weight is 665 g/mol. The van der Waals surface area contributed by atoms with Crippen molar-refractivity contribution in [3.05, 3.63) is 128 Å². The lowest BCUT2D eigenvalue weighted by atomic mass is 9.78. The number of aryl methyl sites for hydroxylation is 1. The van der Waals surface area contributed by atoms with E-state index < -0.39 is 8.07 Å². The van der Waals surface area contributed by atoms with Crippen LogP contribution in [0.4, 0.5) is 0 Å². The topological polar surface area (TPSA) is 0 Å². The van der Waals surface area contributed by atoms with Gasteiger partial charge in [0.25, 0.3) is 0 Å². The molecule has 2 aliphatic rings. The Morgan fingerprint density at radius 3 is 1.65 bits per heavy atom. The molecule has 0 aromatic heterocycles. The van der Waals surface area contributed by atoms with E-state index in [-0.39, 0.29) is 16.2 Å². The van der Waals surface area contributed by atoms with E-state index in [0.29, 0.717) is 11.1 Å². The van der Waals surface area contributed by atoms with Crippen molar-refractivity contribution >= 4 is 20.2 Å². The Bertz CT molecular complexity index is 1980. The molecule has 4 aromatic carbocycles. The summed E-state index contributed by atoms with van der Waals surface area (Å²) in [5, 5.41) is 0. The van der Waals surface area contributed by atoms with E-state index in [1.807, 2.05) is 0 Å². The Labute approximate surface area is 299 Å². The van der Waals surface area contributed by atoms with Crippen LogP contribution in [0, 0.1) is 13.8 Å². The van der Waals surface area contributed by atoms with Gasteiger partial charge in [0.2, 0.25) is 0 Å². The van der Waals surface area contributed by atoms with Gasteiger partial charge in [-0.15, -0.1) is 0 Å². The molecule has 2 atom stereocenters. The number of hydrogen-bond acceptors (Lipinski definition) is 0. The Morgan fingerprint density at radius 1 is 0.551 bits per heavy atom. The zero-order valence-corrected chi connectivity index (χ0v) is 34.2. The number of allylic oxidation sites excluding steroid dienone is 2. The SMILES string of the molecule is CC1=Cc2c(cc(C(C)(C)C)c(C)c2-c2ccccc2)C1[Si](C)(C)C1C(C)=Cc2c(-c3cc(C(C)(C)C)cc(C(C)(C)C)c3)ccc(C)c21. The average Bonchev–Trinajstić information content (AvgIpc) is 3.53. The Hall–Kier alpha value is -3.42.